The molecular formula is C17H16ClN3OS. The van der Waals surface area contributed by atoms with Crippen LogP contribution < -0.4 is 5.32 Å². The summed E-state index contributed by atoms with van der Waals surface area (Å²) in [4.78, 5) is 16.7. The number of hydrogen-bond acceptors (Lipinski definition) is 3. The molecule has 1 aromatic carbocycles. The minimum Gasteiger partial charge on any atom is -0.351 e. The second-order valence-electron chi connectivity index (χ2n) is 5.11. The molecule has 0 aliphatic carbocycles. The standard InChI is InChI=1S/C17H16ClN3OS/c1-12(16(22)19-10-13-6-2-3-8-15(13)18)23-17-20-11-14-7-4-5-9-21(14)17/h2-9,11-12H,10H2,1H3,(H,19,22). The van der Waals surface area contributed by atoms with Gasteiger partial charge in [-0.3, -0.25) is 9.20 Å². The van der Waals surface area contributed by atoms with Crippen LogP contribution in [0.15, 0.2) is 60.0 Å². The highest BCUT2D eigenvalue weighted by atomic mass is 35.5. The third kappa shape index (κ3) is 3.68. The molecule has 0 aliphatic heterocycles. The van der Waals surface area contributed by atoms with Crippen molar-refractivity contribution >= 4 is 34.8 Å². The number of hydrogen-bond donors (Lipinski definition) is 1. The van der Waals surface area contributed by atoms with E-state index >= 15 is 0 Å². The van der Waals surface area contributed by atoms with Gasteiger partial charge in [-0.25, -0.2) is 4.98 Å². The van der Waals surface area contributed by atoms with Gasteiger partial charge in [0.15, 0.2) is 5.16 Å². The first-order valence-corrected chi connectivity index (χ1v) is 8.51. The lowest BCUT2D eigenvalue weighted by Gasteiger charge is -2.12. The van der Waals surface area contributed by atoms with E-state index in [1.165, 1.54) is 11.8 Å². The van der Waals surface area contributed by atoms with Gasteiger partial charge in [0.25, 0.3) is 0 Å². The van der Waals surface area contributed by atoms with Crippen molar-refractivity contribution in [2.45, 2.75) is 23.9 Å². The number of carbonyl (C=O) groups is 1. The number of pyridine rings is 1. The fourth-order valence-corrected chi connectivity index (χ4v) is 3.29. The molecule has 2 heterocycles. The second kappa shape index (κ2) is 7.06. The number of nitrogens with zero attached hydrogens (tertiary/aromatic N) is 2. The van der Waals surface area contributed by atoms with Crippen LogP contribution in [0.3, 0.4) is 0 Å². The Hall–Kier alpha value is -1.98. The van der Waals surface area contributed by atoms with Crippen molar-refractivity contribution in [1.82, 2.24) is 14.7 Å². The molecule has 0 saturated carbocycles. The number of benzene rings is 1. The average molecular weight is 346 g/mol. The average Bonchev–Trinajstić information content (AvgIpc) is 2.97. The highest BCUT2D eigenvalue weighted by Crippen LogP contribution is 2.23. The summed E-state index contributed by atoms with van der Waals surface area (Å²) in [5.41, 5.74) is 1.92. The largest absolute Gasteiger partial charge is 0.351 e. The van der Waals surface area contributed by atoms with Gasteiger partial charge in [0.2, 0.25) is 5.91 Å². The molecule has 0 saturated heterocycles. The fraction of sp³-hybridized carbons (Fsp3) is 0.176. The highest BCUT2D eigenvalue weighted by molar-refractivity contribution is 8.00. The van der Waals surface area contributed by atoms with E-state index in [0.29, 0.717) is 11.6 Å². The Morgan fingerprint density at radius 3 is 2.91 bits per heavy atom. The van der Waals surface area contributed by atoms with E-state index < -0.39 is 0 Å². The number of imidazole rings is 1. The fourth-order valence-electron chi connectivity index (χ4n) is 2.19. The second-order valence-corrected chi connectivity index (χ2v) is 6.82. The molecule has 3 rings (SSSR count). The number of aromatic nitrogens is 2. The first-order valence-electron chi connectivity index (χ1n) is 7.25. The topological polar surface area (TPSA) is 46.4 Å². The zero-order chi connectivity index (χ0) is 16.2. The van der Waals surface area contributed by atoms with Crippen molar-refractivity contribution in [3.63, 3.8) is 0 Å². The van der Waals surface area contributed by atoms with Crippen LogP contribution >= 0.6 is 23.4 Å². The molecule has 4 nitrogen and oxygen atoms in total. The maximum atomic E-state index is 12.3. The zero-order valence-corrected chi connectivity index (χ0v) is 14.1. The molecule has 6 heteroatoms. The molecular weight excluding hydrogens is 330 g/mol. The lowest BCUT2D eigenvalue weighted by atomic mass is 10.2. The normalized spacial score (nSPS) is 12.3. The van der Waals surface area contributed by atoms with Gasteiger partial charge in [-0.05, 0) is 30.7 Å². The quantitative estimate of drug-likeness (QED) is 0.716. The van der Waals surface area contributed by atoms with Crippen LogP contribution in [0.1, 0.15) is 12.5 Å². The summed E-state index contributed by atoms with van der Waals surface area (Å²) in [6, 6.07) is 13.4. The molecule has 118 valence electrons. The van der Waals surface area contributed by atoms with E-state index in [2.05, 4.69) is 10.3 Å². The van der Waals surface area contributed by atoms with Crippen LogP contribution in [0, 0.1) is 0 Å². The minimum atomic E-state index is -0.247. The maximum Gasteiger partial charge on any atom is 0.233 e. The maximum absolute atomic E-state index is 12.3. The molecule has 1 amide bonds. The van der Waals surface area contributed by atoms with Gasteiger partial charge in [0, 0.05) is 17.8 Å². The van der Waals surface area contributed by atoms with Crippen molar-refractivity contribution in [2.75, 3.05) is 0 Å². The number of nitrogens with one attached hydrogen (secondary N) is 1. The molecule has 1 unspecified atom stereocenters. The van der Waals surface area contributed by atoms with E-state index in [-0.39, 0.29) is 11.2 Å². The summed E-state index contributed by atoms with van der Waals surface area (Å²) in [6.45, 7) is 2.29. The van der Waals surface area contributed by atoms with Crippen molar-refractivity contribution in [2.24, 2.45) is 0 Å². The Balaban J connectivity index is 1.63. The smallest absolute Gasteiger partial charge is 0.233 e. The van der Waals surface area contributed by atoms with Gasteiger partial charge in [0.1, 0.15) is 0 Å². The van der Waals surface area contributed by atoms with Crippen LogP contribution in [-0.2, 0) is 11.3 Å². The summed E-state index contributed by atoms with van der Waals surface area (Å²) in [7, 11) is 0. The van der Waals surface area contributed by atoms with Gasteiger partial charge in [-0.15, -0.1) is 0 Å². The lowest BCUT2D eigenvalue weighted by molar-refractivity contribution is -0.120. The van der Waals surface area contributed by atoms with Gasteiger partial charge >= 0.3 is 0 Å². The summed E-state index contributed by atoms with van der Waals surface area (Å²) in [5.74, 6) is -0.0393. The molecule has 2 aromatic heterocycles. The van der Waals surface area contributed by atoms with Crippen molar-refractivity contribution in [3.05, 3.63) is 65.4 Å². The van der Waals surface area contributed by atoms with Crippen molar-refractivity contribution in [3.8, 4) is 0 Å². The molecule has 0 fully saturated rings. The first kappa shape index (κ1) is 15.9. The summed E-state index contributed by atoms with van der Waals surface area (Å²) >= 11 is 7.53. The Morgan fingerprint density at radius 1 is 1.30 bits per heavy atom. The van der Waals surface area contributed by atoms with Gasteiger partial charge < -0.3 is 5.32 Å². The number of rotatable bonds is 5. The van der Waals surface area contributed by atoms with E-state index in [0.717, 1.165) is 16.2 Å². The summed E-state index contributed by atoms with van der Waals surface area (Å²) in [6.07, 6.45) is 3.75. The van der Waals surface area contributed by atoms with Crippen LogP contribution in [-0.4, -0.2) is 20.5 Å². The van der Waals surface area contributed by atoms with Crippen LogP contribution in [0.4, 0.5) is 0 Å². The third-order valence-electron chi connectivity index (χ3n) is 3.47. The SMILES string of the molecule is CC(Sc1ncc2ccccn12)C(=O)NCc1ccccc1Cl. The monoisotopic (exact) mass is 345 g/mol. The lowest BCUT2D eigenvalue weighted by Crippen LogP contribution is -2.30. The van der Waals surface area contributed by atoms with E-state index in [4.69, 9.17) is 11.6 Å². The Morgan fingerprint density at radius 2 is 2.09 bits per heavy atom. The molecule has 0 spiro atoms. The van der Waals surface area contributed by atoms with Crippen molar-refractivity contribution in [1.29, 1.82) is 0 Å². The van der Waals surface area contributed by atoms with Crippen LogP contribution in [0.2, 0.25) is 5.02 Å². The van der Waals surface area contributed by atoms with Crippen LogP contribution in [0.25, 0.3) is 5.52 Å². The molecule has 1 atom stereocenters. The number of amides is 1. The first-order chi connectivity index (χ1) is 11.1. The molecule has 0 bridgehead atoms. The number of carbonyl (C=O) groups excluding carboxylic acids is 1. The Kier molecular flexibility index (Phi) is 4.88. The molecule has 0 radical (unpaired) electrons. The summed E-state index contributed by atoms with van der Waals surface area (Å²) < 4.78 is 1.97. The minimum absolute atomic E-state index is 0.0393. The Labute approximate surface area is 143 Å². The van der Waals surface area contributed by atoms with E-state index in [1.54, 1.807) is 6.20 Å². The Bertz CT molecular complexity index is 833. The van der Waals surface area contributed by atoms with E-state index in [9.17, 15) is 4.79 Å². The molecule has 0 aliphatic rings. The molecule has 23 heavy (non-hydrogen) atoms. The van der Waals surface area contributed by atoms with Crippen LogP contribution in [0.5, 0.6) is 0 Å². The number of halogens is 1. The zero-order valence-electron chi connectivity index (χ0n) is 12.6. The molecule has 3 aromatic rings. The predicted molar refractivity (Wildman–Crippen MR) is 93.8 cm³/mol. The highest BCUT2D eigenvalue weighted by Gasteiger charge is 2.17. The predicted octanol–water partition coefficient (Wildman–Crippen LogP) is 3.78. The summed E-state index contributed by atoms with van der Waals surface area (Å²) in [5, 5.41) is 4.14. The van der Waals surface area contributed by atoms with Gasteiger partial charge in [-0.1, -0.05) is 47.6 Å². The molecule has 1 N–H and O–H groups in total. The number of fused-ring (bicyclic) bond motifs is 1. The third-order valence-corrected chi connectivity index (χ3v) is 4.92. The van der Waals surface area contributed by atoms with Gasteiger partial charge in [0.05, 0.1) is 17.0 Å². The van der Waals surface area contributed by atoms with E-state index in [1.807, 2.05) is 60.0 Å². The van der Waals surface area contributed by atoms with Gasteiger partial charge in [-0.2, -0.15) is 0 Å². The van der Waals surface area contributed by atoms with Crippen molar-refractivity contribution < 1.29 is 4.79 Å². The number of thioether (sulfide) groups is 1.